The maximum atomic E-state index is 11.8. The summed E-state index contributed by atoms with van der Waals surface area (Å²) in [7, 11) is 0. The fourth-order valence-corrected chi connectivity index (χ4v) is 3.80. The number of ether oxygens (including phenoxy) is 1. The van der Waals surface area contributed by atoms with Gasteiger partial charge in [-0.1, -0.05) is 6.58 Å². The third-order valence-corrected chi connectivity index (χ3v) is 5.19. The van der Waals surface area contributed by atoms with E-state index in [9.17, 15) is 4.79 Å². The first-order valence-corrected chi connectivity index (χ1v) is 8.84. The average molecular weight is 341 g/mol. The molecular weight excluding hydrogens is 318 g/mol. The molecule has 4 rings (SSSR count). The number of carbonyl (C=O) groups excluding carboxylic acids is 1. The highest BCUT2D eigenvalue weighted by atomic mass is 16.5. The molecule has 2 aliphatic rings. The summed E-state index contributed by atoms with van der Waals surface area (Å²) in [6.45, 7) is 8.11. The molecular formula is C18H23N5O2. The summed E-state index contributed by atoms with van der Waals surface area (Å²) in [5.74, 6) is 1.46. The van der Waals surface area contributed by atoms with Crippen LogP contribution < -0.4 is 4.90 Å². The van der Waals surface area contributed by atoms with Crippen molar-refractivity contribution in [3.05, 3.63) is 36.8 Å². The molecule has 2 aromatic rings. The maximum absolute atomic E-state index is 11.8. The smallest absolute Gasteiger partial charge is 0.246 e. The highest BCUT2D eigenvalue weighted by Gasteiger charge is 2.26. The molecule has 0 bridgehead atoms. The Morgan fingerprint density at radius 2 is 2.00 bits per heavy atom. The zero-order valence-electron chi connectivity index (χ0n) is 14.3. The van der Waals surface area contributed by atoms with Crippen molar-refractivity contribution in [2.24, 2.45) is 0 Å². The molecule has 0 unspecified atom stereocenters. The van der Waals surface area contributed by atoms with E-state index in [1.165, 1.54) is 11.6 Å². The first-order chi connectivity index (χ1) is 12.3. The lowest BCUT2D eigenvalue weighted by molar-refractivity contribution is -0.126. The molecule has 1 amide bonds. The van der Waals surface area contributed by atoms with Crippen LogP contribution in [0.3, 0.4) is 0 Å². The van der Waals surface area contributed by atoms with Gasteiger partial charge in [-0.25, -0.2) is 9.50 Å². The van der Waals surface area contributed by atoms with Gasteiger partial charge in [0.1, 0.15) is 11.8 Å². The summed E-state index contributed by atoms with van der Waals surface area (Å²) in [4.78, 5) is 20.5. The topological polar surface area (TPSA) is 63.0 Å². The predicted octanol–water partition coefficient (Wildman–Crippen LogP) is 1.46. The monoisotopic (exact) mass is 341 g/mol. The standard InChI is InChI=1S/C18H23N5O2/c1-2-16(24)21-7-9-22(10-8-21)18-17-15(14-4-11-25-12-5-14)3-6-23(17)20-13-19-18/h2-3,6,13-14H,1,4-5,7-12H2. The molecule has 2 fully saturated rings. The number of hydrogen-bond acceptors (Lipinski definition) is 5. The molecule has 0 saturated carbocycles. The van der Waals surface area contributed by atoms with Crippen LogP contribution in [0.25, 0.3) is 5.52 Å². The summed E-state index contributed by atoms with van der Waals surface area (Å²) in [5, 5.41) is 4.38. The van der Waals surface area contributed by atoms with Crippen LogP contribution in [0.2, 0.25) is 0 Å². The number of amides is 1. The van der Waals surface area contributed by atoms with Crippen LogP contribution in [-0.2, 0) is 9.53 Å². The quantitative estimate of drug-likeness (QED) is 0.791. The Morgan fingerprint density at radius 3 is 2.72 bits per heavy atom. The second-order valence-corrected chi connectivity index (χ2v) is 6.55. The molecule has 0 N–H and O–H groups in total. The van der Waals surface area contributed by atoms with Crippen LogP contribution in [0.5, 0.6) is 0 Å². The second-order valence-electron chi connectivity index (χ2n) is 6.55. The van der Waals surface area contributed by atoms with Gasteiger partial charge in [0.15, 0.2) is 5.82 Å². The van der Waals surface area contributed by atoms with Crippen LogP contribution >= 0.6 is 0 Å². The number of piperazine rings is 1. The molecule has 7 heteroatoms. The van der Waals surface area contributed by atoms with Crippen LogP contribution in [0.15, 0.2) is 31.2 Å². The number of carbonyl (C=O) groups is 1. The molecule has 0 atom stereocenters. The van der Waals surface area contributed by atoms with E-state index >= 15 is 0 Å². The Hall–Kier alpha value is -2.41. The Labute approximate surface area is 146 Å². The molecule has 7 nitrogen and oxygen atoms in total. The number of rotatable bonds is 3. The summed E-state index contributed by atoms with van der Waals surface area (Å²) in [5.41, 5.74) is 2.40. The van der Waals surface area contributed by atoms with Crippen molar-refractivity contribution in [2.75, 3.05) is 44.3 Å². The van der Waals surface area contributed by atoms with E-state index in [1.54, 1.807) is 6.33 Å². The molecule has 4 heterocycles. The number of aromatic nitrogens is 3. The van der Waals surface area contributed by atoms with Gasteiger partial charge in [-0.2, -0.15) is 5.10 Å². The van der Waals surface area contributed by atoms with Crippen molar-refractivity contribution in [2.45, 2.75) is 18.8 Å². The average Bonchev–Trinajstić information content (AvgIpc) is 3.12. The Bertz CT molecular complexity index is 773. The Morgan fingerprint density at radius 1 is 1.24 bits per heavy atom. The van der Waals surface area contributed by atoms with E-state index in [1.807, 2.05) is 15.6 Å². The fraction of sp³-hybridized carbons (Fsp3) is 0.500. The highest BCUT2D eigenvalue weighted by molar-refractivity contribution is 5.87. The molecule has 2 saturated heterocycles. The molecule has 132 valence electrons. The lowest BCUT2D eigenvalue weighted by atomic mass is 9.92. The van der Waals surface area contributed by atoms with Gasteiger partial charge in [-0.3, -0.25) is 4.79 Å². The van der Waals surface area contributed by atoms with E-state index in [0.29, 0.717) is 19.0 Å². The normalized spacial score (nSPS) is 19.4. The van der Waals surface area contributed by atoms with E-state index < -0.39 is 0 Å². The number of nitrogens with zero attached hydrogens (tertiary/aromatic N) is 5. The number of hydrogen-bond donors (Lipinski definition) is 0. The van der Waals surface area contributed by atoms with Gasteiger partial charge in [0.05, 0.1) is 0 Å². The van der Waals surface area contributed by atoms with Crippen LogP contribution in [0.4, 0.5) is 5.82 Å². The van der Waals surface area contributed by atoms with E-state index in [0.717, 1.165) is 50.5 Å². The maximum Gasteiger partial charge on any atom is 0.246 e. The van der Waals surface area contributed by atoms with E-state index in [-0.39, 0.29) is 5.91 Å². The summed E-state index contributed by atoms with van der Waals surface area (Å²) < 4.78 is 7.43. The molecule has 0 radical (unpaired) electrons. The van der Waals surface area contributed by atoms with Gasteiger partial charge in [-0.15, -0.1) is 0 Å². The molecule has 0 aromatic carbocycles. The van der Waals surface area contributed by atoms with Gasteiger partial charge in [0.25, 0.3) is 0 Å². The van der Waals surface area contributed by atoms with Gasteiger partial charge in [0.2, 0.25) is 5.91 Å². The number of anilines is 1. The zero-order valence-corrected chi connectivity index (χ0v) is 14.3. The van der Waals surface area contributed by atoms with Gasteiger partial charge >= 0.3 is 0 Å². The molecule has 2 aliphatic heterocycles. The van der Waals surface area contributed by atoms with Crippen molar-refractivity contribution < 1.29 is 9.53 Å². The minimum atomic E-state index is -0.00179. The third-order valence-electron chi connectivity index (χ3n) is 5.19. The molecule has 0 spiro atoms. The van der Waals surface area contributed by atoms with Crippen molar-refractivity contribution >= 4 is 17.2 Å². The minimum Gasteiger partial charge on any atom is -0.381 e. The number of fused-ring (bicyclic) bond motifs is 1. The van der Waals surface area contributed by atoms with Gasteiger partial charge in [0, 0.05) is 45.6 Å². The third kappa shape index (κ3) is 3.00. The van der Waals surface area contributed by atoms with Crippen LogP contribution in [0, 0.1) is 0 Å². The zero-order chi connectivity index (χ0) is 17.2. The first kappa shape index (κ1) is 16.1. The molecule has 0 aliphatic carbocycles. The summed E-state index contributed by atoms with van der Waals surface area (Å²) in [6, 6.07) is 2.17. The van der Waals surface area contributed by atoms with E-state index in [4.69, 9.17) is 4.74 Å². The largest absolute Gasteiger partial charge is 0.381 e. The summed E-state index contributed by atoms with van der Waals surface area (Å²) >= 11 is 0. The highest BCUT2D eigenvalue weighted by Crippen LogP contribution is 2.34. The van der Waals surface area contributed by atoms with Crippen LogP contribution in [-0.4, -0.2) is 64.8 Å². The van der Waals surface area contributed by atoms with Crippen molar-refractivity contribution in [1.29, 1.82) is 0 Å². The van der Waals surface area contributed by atoms with Crippen molar-refractivity contribution in [3.8, 4) is 0 Å². The first-order valence-electron chi connectivity index (χ1n) is 8.84. The Balaban J connectivity index is 1.62. The second kappa shape index (κ2) is 6.84. The summed E-state index contributed by atoms with van der Waals surface area (Å²) in [6.07, 6.45) is 7.08. The van der Waals surface area contributed by atoms with Gasteiger partial charge < -0.3 is 14.5 Å². The fourth-order valence-electron chi connectivity index (χ4n) is 3.80. The van der Waals surface area contributed by atoms with Crippen molar-refractivity contribution in [3.63, 3.8) is 0 Å². The SMILES string of the molecule is C=CC(=O)N1CCN(c2ncnn3ccc(C4CCOCC4)c23)CC1. The lowest BCUT2D eigenvalue weighted by Gasteiger charge is -2.35. The minimum absolute atomic E-state index is 0.00179. The van der Waals surface area contributed by atoms with Crippen LogP contribution in [0.1, 0.15) is 24.3 Å². The molecule has 25 heavy (non-hydrogen) atoms. The molecule has 2 aromatic heterocycles. The Kier molecular flexibility index (Phi) is 4.40. The van der Waals surface area contributed by atoms with Crippen molar-refractivity contribution in [1.82, 2.24) is 19.5 Å². The lowest BCUT2D eigenvalue weighted by Crippen LogP contribution is -2.48. The predicted molar refractivity (Wildman–Crippen MR) is 94.8 cm³/mol. The van der Waals surface area contributed by atoms with E-state index in [2.05, 4.69) is 27.6 Å². The van der Waals surface area contributed by atoms with Gasteiger partial charge in [-0.05, 0) is 36.5 Å².